The number of hydrogen-bond donors (Lipinski definition) is 1. The number of ether oxygens (including phenoxy) is 3. The van der Waals surface area contributed by atoms with Crippen LogP contribution in [0.25, 0.3) is 0 Å². The molecule has 1 saturated heterocycles. The van der Waals surface area contributed by atoms with E-state index in [1.807, 2.05) is 31.1 Å². The summed E-state index contributed by atoms with van der Waals surface area (Å²) in [6.07, 6.45) is 1.64. The molecule has 2 heterocycles. The molecule has 0 atom stereocenters. The van der Waals surface area contributed by atoms with E-state index in [4.69, 9.17) is 14.2 Å². The molecule has 0 radical (unpaired) electrons. The van der Waals surface area contributed by atoms with Gasteiger partial charge in [-0.2, -0.15) is 20.1 Å². The van der Waals surface area contributed by atoms with Crippen molar-refractivity contribution in [1.82, 2.24) is 15.0 Å². The number of nitrogens with zero attached hydrogens (tertiary/aromatic N) is 6. The molecule has 3 rings (SSSR count). The molecule has 1 aliphatic rings. The van der Waals surface area contributed by atoms with Gasteiger partial charge in [-0.1, -0.05) is 0 Å². The van der Waals surface area contributed by atoms with Crippen molar-refractivity contribution >= 4 is 24.1 Å². The van der Waals surface area contributed by atoms with Gasteiger partial charge < -0.3 is 24.0 Å². The molecule has 0 spiro atoms. The van der Waals surface area contributed by atoms with E-state index in [1.165, 1.54) is 0 Å². The highest BCUT2D eigenvalue weighted by Gasteiger charge is 2.17. The lowest BCUT2D eigenvalue weighted by atomic mass is 10.2. The van der Waals surface area contributed by atoms with E-state index in [2.05, 4.69) is 30.4 Å². The lowest BCUT2D eigenvalue weighted by Gasteiger charge is -2.27. The second kappa shape index (κ2) is 9.18. The summed E-state index contributed by atoms with van der Waals surface area (Å²) in [7, 11) is 6.98. The van der Waals surface area contributed by atoms with Gasteiger partial charge in [0.25, 0.3) is 0 Å². The van der Waals surface area contributed by atoms with Crippen molar-refractivity contribution in [2.24, 2.45) is 5.10 Å². The molecule has 1 aliphatic heterocycles. The zero-order chi connectivity index (χ0) is 19.9. The Hall–Kier alpha value is -3.14. The van der Waals surface area contributed by atoms with E-state index < -0.39 is 0 Å². The molecular formula is C18H25N7O3. The monoisotopic (exact) mass is 387 g/mol. The summed E-state index contributed by atoms with van der Waals surface area (Å²) in [6, 6.07) is 5.50. The largest absolute Gasteiger partial charge is 0.497 e. The van der Waals surface area contributed by atoms with Gasteiger partial charge in [-0.15, -0.1) is 0 Å². The Kier molecular flexibility index (Phi) is 6.43. The molecule has 10 heteroatoms. The van der Waals surface area contributed by atoms with Crippen LogP contribution < -0.4 is 24.7 Å². The Balaban J connectivity index is 1.79. The number of aromatic nitrogens is 3. The number of methoxy groups -OCH3 is 2. The van der Waals surface area contributed by atoms with Gasteiger partial charge in [0.2, 0.25) is 17.8 Å². The van der Waals surface area contributed by atoms with E-state index >= 15 is 0 Å². The number of hydrazone groups is 1. The minimum absolute atomic E-state index is 0.365. The quantitative estimate of drug-likeness (QED) is 0.556. The molecule has 150 valence electrons. The topological polar surface area (TPSA) is 97.2 Å². The molecule has 0 bridgehead atoms. The van der Waals surface area contributed by atoms with Crippen molar-refractivity contribution in [2.75, 3.05) is 69.8 Å². The van der Waals surface area contributed by atoms with Crippen LogP contribution in [0.4, 0.5) is 17.8 Å². The summed E-state index contributed by atoms with van der Waals surface area (Å²) >= 11 is 0. The lowest BCUT2D eigenvalue weighted by molar-refractivity contribution is 0.122. The van der Waals surface area contributed by atoms with Gasteiger partial charge >= 0.3 is 0 Å². The van der Waals surface area contributed by atoms with Gasteiger partial charge in [-0.3, -0.25) is 0 Å². The first-order valence-electron chi connectivity index (χ1n) is 8.88. The number of nitrogens with one attached hydrogen (secondary N) is 1. The van der Waals surface area contributed by atoms with Crippen LogP contribution in [0.5, 0.6) is 11.5 Å². The molecule has 2 aromatic rings. The van der Waals surface area contributed by atoms with Gasteiger partial charge in [0.15, 0.2) is 0 Å². The summed E-state index contributed by atoms with van der Waals surface area (Å²) in [5, 5.41) is 4.25. The van der Waals surface area contributed by atoms with Crippen molar-refractivity contribution in [3.8, 4) is 11.5 Å². The maximum atomic E-state index is 5.40. The third-order valence-electron chi connectivity index (χ3n) is 4.11. The molecule has 1 fully saturated rings. The molecule has 1 aromatic carbocycles. The van der Waals surface area contributed by atoms with Gasteiger partial charge in [0.1, 0.15) is 11.5 Å². The smallest absolute Gasteiger partial charge is 0.250 e. The van der Waals surface area contributed by atoms with Crippen LogP contribution in [-0.4, -0.2) is 75.8 Å². The molecule has 1 N–H and O–H groups in total. The summed E-state index contributed by atoms with van der Waals surface area (Å²) in [4.78, 5) is 17.3. The number of rotatable bonds is 7. The van der Waals surface area contributed by atoms with Gasteiger partial charge in [-0.05, 0) is 12.1 Å². The van der Waals surface area contributed by atoms with Crippen LogP contribution >= 0.6 is 0 Å². The SMILES string of the molecule is COc1ccc(/C=N/Nc2nc(N(C)C)nc(N3CCOCC3)n2)c(OC)c1. The summed E-state index contributed by atoms with van der Waals surface area (Å²) in [5.41, 5.74) is 3.68. The number of benzene rings is 1. The molecule has 0 amide bonds. The third-order valence-corrected chi connectivity index (χ3v) is 4.11. The van der Waals surface area contributed by atoms with E-state index in [9.17, 15) is 0 Å². The first kappa shape index (κ1) is 19.6. The number of anilines is 3. The zero-order valence-electron chi connectivity index (χ0n) is 16.5. The molecule has 10 nitrogen and oxygen atoms in total. The average molecular weight is 387 g/mol. The maximum absolute atomic E-state index is 5.40. The van der Waals surface area contributed by atoms with Gasteiger partial charge in [0, 0.05) is 38.8 Å². The van der Waals surface area contributed by atoms with Crippen LogP contribution in [0, 0.1) is 0 Å². The fourth-order valence-corrected chi connectivity index (χ4v) is 2.59. The van der Waals surface area contributed by atoms with Crippen LogP contribution in [0.15, 0.2) is 23.3 Å². The first-order valence-corrected chi connectivity index (χ1v) is 8.88. The standard InChI is InChI=1S/C18H25N7O3/c1-24(2)17-20-16(21-18(22-17)25-7-9-28-10-8-25)23-19-12-13-5-6-14(26-3)11-15(13)27-4/h5-6,11-12H,7-10H2,1-4H3,(H,20,21,22,23)/b19-12+. The summed E-state index contributed by atoms with van der Waals surface area (Å²) in [5.74, 6) is 2.88. The molecule has 0 unspecified atom stereocenters. The first-order chi connectivity index (χ1) is 13.6. The Labute approximate surface area is 164 Å². The highest BCUT2D eigenvalue weighted by Crippen LogP contribution is 2.23. The minimum atomic E-state index is 0.365. The summed E-state index contributed by atoms with van der Waals surface area (Å²) < 4.78 is 16.0. The maximum Gasteiger partial charge on any atom is 0.250 e. The second-order valence-electron chi connectivity index (χ2n) is 6.23. The zero-order valence-corrected chi connectivity index (χ0v) is 16.5. The Morgan fingerprint density at radius 1 is 1.14 bits per heavy atom. The van der Waals surface area contributed by atoms with Crippen LogP contribution in [-0.2, 0) is 4.74 Å². The van der Waals surface area contributed by atoms with Gasteiger partial charge in [0.05, 0.1) is 33.6 Å². The van der Waals surface area contributed by atoms with Crippen molar-refractivity contribution in [1.29, 1.82) is 0 Å². The number of hydrogen-bond acceptors (Lipinski definition) is 10. The van der Waals surface area contributed by atoms with Crippen molar-refractivity contribution in [3.05, 3.63) is 23.8 Å². The minimum Gasteiger partial charge on any atom is -0.497 e. The van der Waals surface area contributed by atoms with Crippen molar-refractivity contribution in [3.63, 3.8) is 0 Å². The highest BCUT2D eigenvalue weighted by atomic mass is 16.5. The highest BCUT2D eigenvalue weighted by molar-refractivity contribution is 5.84. The van der Waals surface area contributed by atoms with E-state index in [0.29, 0.717) is 42.6 Å². The Morgan fingerprint density at radius 2 is 1.93 bits per heavy atom. The van der Waals surface area contributed by atoms with E-state index in [-0.39, 0.29) is 0 Å². The fraction of sp³-hybridized carbons (Fsp3) is 0.444. The summed E-state index contributed by atoms with van der Waals surface area (Å²) in [6.45, 7) is 2.79. The third kappa shape index (κ3) is 4.77. The predicted molar refractivity (Wildman–Crippen MR) is 108 cm³/mol. The lowest BCUT2D eigenvalue weighted by Crippen LogP contribution is -2.37. The van der Waals surface area contributed by atoms with Crippen LogP contribution in [0.1, 0.15) is 5.56 Å². The van der Waals surface area contributed by atoms with Crippen LogP contribution in [0.3, 0.4) is 0 Å². The molecular weight excluding hydrogens is 362 g/mol. The normalized spacial score (nSPS) is 14.2. The molecule has 1 aromatic heterocycles. The Morgan fingerprint density at radius 3 is 2.61 bits per heavy atom. The molecule has 0 saturated carbocycles. The average Bonchev–Trinajstić information content (AvgIpc) is 2.74. The predicted octanol–water partition coefficient (Wildman–Crippen LogP) is 1.24. The van der Waals surface area contributed by atoms with Crippen molar-refractivity contribution < 1.29 is 14.2 Å². The Bertz CT molecular complexity index is 823. The van der Waals surface area contributed by atoms with E-state index in [1.54, 1.807) is 26.5 Å². The number of morpholine rings is 1. The molecule has 28 heavy (non-hydrogen) atoms. The fourth-order valence-electron chi connectivity index (χ4n) is 2.59. The van der Waals surface area contributed by atoms with E-state index in [0.717, 1.165) is 18.7 Å². The second-order valence-corrected chi connectivity index (χ2v) is 6.23. The van der Waals surface area contributed by atoms with Crippen molar-refractivity contribution in [2.45, 2.75) is 0 Å². The van der Waals surface area contributed by atoms with Gasteiger partial charge in [-0.25, -0.2) is 5.43 Å². The molecule has 0 aliphatic carbocycles. The van der Waals surface area contributed by atoms with Crippen LogP contribution in [0.2, 0.25) is 0 Å².